The highest BCUT2D eigenvalue weighted by Crippen LogP contribution is 2.29. The van der Waals surface area contributed by atoms with Crippen molar-refractivity contribution in [2.75, 3.05) is 19.8 Å². The van der Waals surface area contributed by atoms with Gasteiger partial charge in [0.05, 0.1) is 41.4 Å². The van der Waals surface area contributed by atoms with Gasteiger partial charge in [-0.2, -0.15) is 5.10 Å². The van der Waals surface area contributed by atoms with Gasteiger partial charge < -0.3 is 14.1 Å². The summed E-state index contributed by atoms with van der Waals surface area (Å²) >= 11 is 6.29. The molecule has 0 radical (unpaired) electrons. The van der Waals surface area contributed by atoms with Crippen LogP contribution in [0.25, 0.3) is 5.69 Å². The number of benzene rings is 1. The van der Waals surface area contributed by atoms with Crippen LogP contribution in [0.4, 0.5) is 0 Å². The summed E-state index contributed by atoms with van der Waals surface area (Å²) in [6.07, 6.45) is 1.60. The van der Waals surface area contributed by atoms with Crippen LogP contribution < -0.4 is 0 Å². The summed E-state index contributed by atoms with van der Waals surface area (Å²) in [7, 11) is 0. The molecule has 0 aliphatic carbocycles. The fourth-order valence-electron chi connectivity index (χ4n) is 3.36. The van der Waals surface area contributed by atoms with Crippen molar-refractivity contribution >= 4 is 17.5 Å². The predicted octanol–water partition coefficient (Wildman–Crippen LogP) is 3.95. The Hall–Kier alpha value is -2.57. The van der Waals surface area contributed by atoms with Crippen LogP contribution in [-0.4, -0.2) is 40.3 Å². The first-order valence-electron chi connectivity index (χ1n) is 8.81. The maximum atomic E-state index is 13.3. The maximum Gasteiger partial charge on any atom is 0.258 e. The monoisotopic (exact) mass is 385 g/mol. The number of nitrogens with zero attached hydrogens (tertiary/aromatic N) is 3. The smallest absolute Gasteiger partial charge is 0.258 e. The SMILES string of the molecule is Cc1ccc(C2COCCN2C(=O)c2cnn(-c3ccccc3Cl)c2C)o1. The average molecular weight is 386 g/mol. The first-order chi connectivity index (χ1) is 13.1. The number of rotatable bonds is 3. The summed E-state index contributed by atoms with van der Waals surface area (Å²) in [6.45, 7) is 5.17. The van der Waals surface area contributed by atoms with Crippen molar-refractivity contribution in [3.8, 4) is 5.69 Å². The quantitative estimate of drug-likeness (QED) is 0.685. The normalized spacial score (nSPS) is 17.3. The van der Waals surface area contributed by atoms with Crippen LogP contribution in [0.1, 0.15) is 33.6 Å². The Morgan fingerprint density at radius 3 is 2.78 bits per heavy atom. The van der Waals surface area contributed by atoms with Gasteiger partial charge >= 0.3 is 0 Å². The number of ether oxygens (including phenoxy) is 1. The molecule has 3 aromatic rings. The van der Waals surface area contributed by atoms with Crippen LogP contribution in [0.2, 0.25) is 5.02 Å². The molecular weight excluding hydrogens is 366 g/mol. The van der Waals surface area contributed by atoms with E-state index in [9.17, 15) is 4.79 Å². The highest BCUT2D eigenvalue weighted by Gasteiger charge is 2.33. The van der Waals surface area contributed by atoms with E-state index in [1.807, 2.05) is 44.2 Å². The van der Waals surface area contributed by atoms with Crippen molar-refractivity contribution in [1.82, 2.24) is 14.7 Å². The van der Waals surface area contributed by atoms with Crippen molar-refractivity contribution in [2.24, 2.45) is 0 Å². The van der Waals surface area contributed by atoms with Crippen molar-refractivity contribution < 1.29 is 13.9 Å². The molecule has 1 fully saturated rings. The third-order valence-electron chi connectivity index (χ3n) is 4.80. The minimum absolute atomic E-state index is 0.0897. The van der Waals surface area contributed by atoms with Gasteiger partial charge in [-0.3, -0.25) is 4.79 Å². The molecule has 7 heteroatoms. The van der Waals surface area contributed by atoms with E-state index in [1.54, 1.807) is 21.8 Å². The van der Waals surface area contributed by atoms with Gasteiger partial charge in [0.15, 0.2) is 0 Å². The number of aryl methyl sites for hydroxylation is 1. The Balaban J connectivity index is 1.67. The first-order valence-corrected chi connectivity index (χ1v) is 9.18. The second kappa shape index (κ2) is 7.21. The topological polar surface area (TPSA) is 60.5 Å². The summed E-state index contributed by atoms with van der Waals surface area (Å²) in [5.41, 5.74) is 2.04. The highest BCUT2D eigenvalue weighted by atomic mass is 35.5. The van der Waals surface area contributed by atoms with E-state index in [4.69, 9.17) is 20.8 Å². The Morgan fingerprint density at radius 2 is 2.04 bits per heavy atom. The molecule has 1 aliphatic heterocycles. The molecule has 1 aromatic carbocycles. The summed E-state index contributed by atoms with van der Waals surface area (Å²) in [6, 6.07) is 11.0. The lowest BCUT2D eigenvalue weighted by Gasteiger charge is -2.34. The number of carbonyl (C=O) groups is 1. The van der Waals surface area contributed by atoms with Gasteiger partial charge in [-0.15, -0.1) is 0 Å². The second-order valence-electron chi connectivity index (χ2n) is 6.54. The molecule has 0 bridgehead atoms. The third-order valence-corrected chi connectivity index (χ3v) is 5.12. The zero-order valence-electron chi connectivity index (χ0n) is 15.2. The van der Waals surface area contributed by atoms with E-state index in [-0.39, 0.29) is 11.9 Å². The lowest BCUT2D eigenvalue weighted by Crippen LogP contribution is -2.43. The molecule has 4 rings (SSSR count). The van der Waals surface area contributed by atoms with Gasteiger partial charge in [-0.25, -0.2) is 4.68 Å². The highest BCUT2D eigenvalue weighted by molar-refractivity contribution is 6.32. The van der Waals surface area contributed by atoms with Gasteiger partial charge in [0.2, 0.25) is 0 Å². The molecule has 0 spiro atoms. The van der Waals surface area contributed by atoms with Crippen molar-refractivity contribution in [3.05, 3.63) is 70.4 Å². The van der Waals surface area contributed by atoms with E-state index < -0.39 is 0 Å². The van der Waals surface area contributed by atoms with Crippen molar-refractivity contribution in [3.63, 3.8) is 0 Å². The molecule has 3 heterocycles. The molecular formula is C20H20ClN3O3. The number of hydrogen-bond acceptors (Lipinski definition) is 4. The minimum atomic E-state index is -0.247. The summed E-state index contributed by atoms with van der Waals surface area (Å²) in [5, 5.41) is 4.98. The Bertz CT molecular complexity index is 979. The number of para-hydroxylation sites is 1. The zero-order chi connectivity index (χ0) is 19.0. The molecule has 1 aliphatic rings. The summed E-state index contributed by atoms with van der Waals surface area (Å²) < 4.78 is 13.0. The van der Waals surface area contributed by atoms with Gasteiger partial charge in [-0.1, -0.05) is 23.7 Å². The van der Waals surface area contributed by atoms with Crippen LogP contribution in [-0.2, 0) is 4.74 Å². The Labute approximate surface area is 162 Å². The predicted molar refractivity (Wildman–Crippen MR) is 101 cm³/mol. The van der Waals surface area contributed by atoms with Crippen molar-refractivity contribution in [2.45, 2.75) is 19.9 Å². The molecule has 27 heavy (non-hydrogen) atoms. The van der Waals surface area contributed by atoms with E-state index >= 15 is 0 Å². The van der Waals surface area contributed by atoms with E-state index in [0.29, 0.717) is 30.3 Å². The van der Waals surface area contributed by atoms with Crippen LogP contribution in [0, 0.1) is 13.8 Å². The zero-order valence-corrected chi connectivity index (χ0v) is 15.9. The summed E-state index contributed by atoms with van der Waals surface area (Å²) in [4.78, 5) is 15.1. The van der Waals surface area contributed by atoms with E-state index in [2.05, 4.69) is 5.10 Å². The fourth-order valence-corrected chi connectivity index (χ4v) is 3.57. The average Bonchev–Trinajstić information content (AvgIpc) is 3.27. The molecule has 0 saturated carbocycles. The number of morpholine rings is 1. The molecule has 6 nitrogen and oxygen atoms in total. The molecule has 0 N–H and O–H groups in total. The number of amides is 1. The molecule has 140 valence electrons. The second-order valence-corrected chi connectivity index (χ2v) is 6.95. The first kappa shape index (κ1) is 17.8. The van der Waals surface area contributed by atoms with Gasteiger partial charge in [0, 0.05) is 6.54 Å². The number of carbonyl (C=O) groups excluding carboxylic acids is 1. The van der Waals surface area contributed by atoms with E-state index in [1.165, 1.54) is 0 Å². The van der Waals surface area contributed by atoms with Crippen LogP contribution in [0.3, 0.4) is 0 Å². The molecule has 1 saturated heterocycles. The molecule has 2 aromatic heterocycles. The number of hydrogen-bond donors (Lipinski definition) is 0. The molecule has 1 atom stereocenters. The van der Waals surface area contributed by atoms with Crippen LogP contribution >= 0.6 is 11.6 Å². The molecule has 1 unspecified atom stereocenters. The van der Waals surface area contributed by atoms with Gasteiger partial charge in [-0.05, 0) is 38.1 Å². The number of halogens is 1. The minimum Gasteiger partial charge on any atom is -0.464 e. The lowest BCUT2D eigenvalue weighted by atomic mass is 10.1. The third kappa shape index (κ3) is 3.26. The van der Waals surface area contributed by atoms with Crippen LogP contribution in [0.5, 0.6) is 0 Å². The number of furan rings is 1. The van der Waals surface area contributed by atoms with Gasteiger partial charge in [0.1, 0.15) is 17.6 Å². The summed E-state index contributed by atoms with van der Waals surface area (Å²) in [5.74, 6) is 1.45. The van der Waals surface area contributed by atoms with Gasteiger partial charge in [0.25, 0.3) is 5.91 Å². The fraction of sp³-hybridized carbons (Fsp3) is 0.300. The maximum absolute atomic E-state index is 13.3. The number of aromatic nitrogens is 2. The largest absolute Gasteiger partial charge is 0.464 e. The lowest BCUT2D eigenvalue weighted by molar-refractivity contribution is -0.00899. The Kier molecular flexibility index (Phi) is 4.76. The molecule has 1 amide bonds. The van der Waals surface area contributed by atoms with E-state index in [0.717, 1.165) is 22.9 Å². The standard InChI is InChI=1S/C20H20ClN3O3/c1-13-7-8-19(27-13)18-12-26-10-9-23(18)20(25)15-11-22-24(14(15)2)17-6-4-3-5-16(17)21/h3-8,11,18H,9-10,12H2,1-2H3. The Morgan fingerprint density at radius 1 is 1.22 bits per heavy atom. The van der Waals surface area contributed by atoms with Crippen LogP contribution in [0.15, 0.2) is 47.0 Å². The van der Waals surface area contributed by atoms with Crippen molar-refractivity contribution in [1.29, 1.82) is 0 Å².